The van der Waals surface area contributed by atoms with Crippen LogP contribution in [0.4, 0.5) is 0 Å². The van der Waals surface area contributed by atoms with Crippen molar-refractivity contribution in [1.82, 2.24) is 4.90 Å². The lowest BCUT2D eigenvalue weighted by Crippen LogP contribution is -2.61. The number of carbonyl (C=O) groups is 1. The largest absolute Gasteiger partial charge is 0.468 e. The van der Waals surface area contributed by atoms with Crippen LogP contribution >= 0.6 is 0 Å². The van der Waals surface area contributed by atoms with Gasteiger partial charge in [-0.25, -0.2) is 0 Å². The first-order chi connectivity index (χ1) is 9.65. The molecule has 20 heavy (non-hydrogen) atoms. The van der Waals surface area contributed by atoms with Crippen LogP contribution in [-0.2, 0) is 19.0 Å². The van der Waals surface area contributed by atoms with Gasteiger partial charge >= 0.3 is 5.97 Å². The molecule has 5 heteroatoms. The molecule has 3 rings (SSSR count). The SMILES string of the molecule is COC(=O)C(N1CCC2(CCOC2)C1)C1(OC)CCC1. The van der Waals surface area contributed by atoms with Gasteiger partial charge < -0.3 is 14.2 Å². The fourth-order valence-electron chi connectivity index (χ4n) is 4.08. The van der Waals surface area contributed by atoms with E-state index in [9.17, 15) is 4.79 Å². The van der Waals surface area contributed by atoms with Gasteiger partial charge in [-0.2, -0.15) is 0 Å². The number of hydrogen-bond acceptors (Lipinski definition) is 5. The molecule has 0 aromatic rings. The summed E-state index contributed by atoms with van der Waals surface area (Å²) in [6.45, 7) is 3.55. The number of carbonyl (C=O) groups excluding carboxylic acids is 1. The Morgan fingerprint density at radius 3 is 2.55 bits per heavy atom. The van der Waals surface area contributed by atoms with Gasteiger partial charge in [-0.05, 0) is 38.6 Å². The zero-order chi connectivity index (χ0) is 14.2. The number of hydrogen-bond donors (Lipinski definition) is 0. The summed E-state index contributed by atoms with van der Waals surface area (Å²) >= 11 is 0. The van der Waals surface area contributed by atoms with Crippen LogP contribution in [0.2, 0.25) is 0 Å². The minimum Gasteiger partial charge on any atom is -0.468 e. The first-order valence-electron chi connectivity index (χ1n) is 7.60. The molecule has 0 bridgehead atoms. The quantitative estimate of drug-likeness (QED) is 0.726. The van der Waals surface area contributed by atoms with Crippen LogP contribution in [0.5, 0.6) is 0 Å². The minimum absolute atomic E-state index is 0.150. The highest BCUT2D eigenvalue weighted by Gasteiger charge is 2.55. The molecule has 2 aliphatic heterocycles. The number of likely N-dealkylation sites (tertiary alicyclic amines) is 1. The van der Waals surface area contributed by atoms with Crippen LogP contribution in [0.1, 0.15) is 32.1 Å². The summed E-state index contributed by atoms with van der Waals surface area (Å²) < 4.78 is 16.4. The van der Waals surface area contributed by atoms with Crippen molar-refractivity contribution < 1.29 is 19.0 Å². The Morgan fingerprint density at radius 1 is 1.25 bits per heavy atom. The predicted molar refractivity (Wildman–Crippen MR) is 73.5 cm³/mol. The highest BCUT2D eigenvalue weighted by molar-refractivity contribution is 5.77. The van der Waals surface area contributed by atoms with Gasteiger partial charge in [0.25, 0.3) is 0 Å². The van der Waals surface area contributed by atoms with Crippen molar-refractivity contribution >= 4 is 5.97 Å². The van der Waals surface area contributed by atoms with Gasteiger partial charge in [0.05, 0.1) is 19.3 Å². The molecular formula is C15H25NO4. The van der Waals surface area contributed by atoms with Gasteiger partial charge in [-0.15, -0.1) is 0 Å². The average molecular weight is 283 g/mol. The summed E-state index contributed by atoms with van der Waals surface area (Å²) in [6, 6.07) is -0.258. The lowest BCUT2D eigenvalue weighted by Gasteiger charge is -2.48. The zero-order valence-corrected chi connectivity index (χ0v) is 12.5. The van der Waals surface area contributed by atoms with Crippen molar-refractivity contribution in [3.05, 3.63) is 0 Å². The summed E-state index contributed by atoms with van der Waals surface area (Å²) in [4.78, 5) is 14.6. The topological polar surface area (TPSA) is 48.0 Å². The zero-order valence-electron chi connectivity index (χ0n) is 12.5. The summed E-state index contributed by atoms with van der Waals surface area (Å²) in [5.74, 6) is -0.150. The van der Waals surface area contributed by atoms with Crippen molar-refractivity contribution in [3.63, 3.8) is 0 Å². The third-order valence-electron chi connectivity index (χ3n) is 5.55. The van der Waals surface area contributed by atoms with E-state index >= 15 is 0 Å². The molecular weight excluding hydrogens is 258 g/mol. The maximum atomic E-state index is 12.3. The van der Waals surface area contributed by atoms with Gasteiger partial charge in [0, 0.05) is 25.7 Å². The van der Waals surface area contributed by atoms with E-state index in [2.05, 4.69) is 4.90 Å². The summed E-state index contributed by atoms with van der Waals surface area (Å²) in [7, 11) is 3.20. The molecule has 2 atom stereocenters. The summed E-state index contributed by atoms with van der Waals surface area (Å²) in [6.07, 6.45) is 5.24. The van der Waals surface area contributed by atoms with E-state index in [1.165, 1.54) is 7.11 Å². The third kappa shape index (κ3) is 2.16. The van der Waals surface area contributed by atoms with Gasteiger partial charge in [-0.3, -0.25) is 9.69 Å². The molecule has 2 saturated heterocycles. The van der Waals surface area contributed by atoms with Crippen molar-refractivity contribution in [2.24, 2.45) is 5.41 Å². The van der Waals surface area contributed by atoms with Crippen molar-refractivity contribution in [2.75, 3.05) is 40.5 Å². The minimum atomic E-state index is -0.335. The second-order valence-corrected chi connectivity index (χ2v) is 6.57. The van der Waals surface area contributed by atoms with E-state index < -0.39 is 0 Å². The lowest BCUT2D eigenvalue weighted by atomic mass is 9.73. The average Bonchev–Trinajstić information content (AvgIpc) is 3.04. The van der Waals surface area contributed by atoms with E-state index in [1.807, 2.05) is 0 Å². The molecule has 5 nitrogen and oxygen atoms in total. The Kier molecular flexibility index (Phi) is 3.77. The molecule has 2 heterocycles. The van der Waals surface area contributed by atoms with Gasteiger partial charge in [-0.1, -0.05) is 0 Å². The molecule has 3 fully saturated rings. The van der Waals surface area contributed by atoms with E-state index in [1.54, 1.807) is 7.11 Å². The molecule has 0 amide bonds. The van der Waals surface area contributed by atoms with Crippen LogP contribution in [0.25, 0.3) is 0 Å². The molecule has 0 radical (unpaired) electrons. The van der Waals surface area contributed by atoms with Crippen LogP contribution in [0.15, 0.2) is 0 Å². The van der Waals surface area contributed by atoms with Crippen molar-refractivity contribution in [3.8, 4) is 0 Å². The van der Waals surface area contributed by atoms with Crippen molar-refractivity contribution in [1.29, 1.82) is 0 Å². The molecule has 1 saturated carbocycles. The lowest BCUT2D eigenvalue weighted by molar-refractivity contribution is -0.173. The number of rotatable bonds is 4. The maximum absolute atomic E-state index is 12.3. The Balaban J connectivity index is 1.78. The molecule has 1 spiro atoms. The van der Waals surface area contributed by atoms with Crippen LogP contribution in [0, 0.1) is 5.41 Å². The number of methoxy groups -OCH3 is 2. The van der Waals surface area contributed by atoms with E-state index in [0.29, 0.717) is 0 Å². The normalized spacial score (nSPS) is 34.1. The second kappa shape index (κ2) is 5.28. The Hall–Kier alpha value is -0.650. The fraction of sp³-hybridized carbons (Fsp3) is 0.933. The van der Waals surface area contributed by atoms with E-state index in [4.69, 9.17) is 14.2 Å². The molecule has 0 aromatic carbocycles. The Morgan fingerprint density at radius 2 is 2.05 bits per heavy atom. The van der Waals surface area contributed by atoms with Gasteiger partial charge in [0.1, 0.15) is 6.04 Å². The standard InChI is InChI=1S/C15H25NO4/c1-18-13(17)12(15(19-2)4-3-5-15)16-8-6-14(10-16)7-9-20-11-14/h12H,3-11H2,1-2H3. The number of esters is 1. The van der Waals surface area contributed by atoms with Gasteiger partial charge in [0.15, 0.2) is 0 Å². The molecule has 1 aliphatic carbocycles. The fourth-order valence-corrected chi connectivity index (χ4v) is 4.08. The first kappa shape index (κ1) is 14.3. The monoisotopic (exact) mass is 283 g/mol. The Bertz CT molecular complexity index is 369. The van der Waals surface area contributed by atoms with Gasteiger partial charge in [0.2, 0.25) is 0 Å². The summed E-state index contributed by atoms with van der Waals surface area (Å²) in [5, 5.41) is 0. The molecule has 0 N–H and O–H groups in total. The third-order valence-corrected chi connectivity index (χ3v) is 5.55. The number of ether oxygens (including phenoxy) is 3. The first-order valence-corrected chi connectivity index (χ1v) is 7.60. The van der Waals surface area contributed by atoms with E-state index in [-0.39, 0.29) is 23.0 Å². The highest BCUT2D eigenvalue weighted by atomic mass is 16.5. The van der Waals surface area contributed by atoms with Crippen LogP contribution < -0.4 is 0 Å². The Labute approximate surface area is 120 Å². The molecule has 114 valence electrons. The number of nitrogens with zero attached hydrogens (tertiary/aromatic N) is 1. The molecule has 0 aromatic heterocycles. The smallest absolute Gasteiger partial charge is 0.326 e. The highest BCUT2D eigenvalue weighted by Crippen LogP contribution is 2.45. The van der Waals surface area contributed by atoms with Crippen LogP contribution in [0.3, 0.4) is 0 Å². The maximum Gasteiger partial charge on any atom is 0.326 e. The van der Waals surface area contributed by atoms with E-state index in [0.717, 1.165) is 58.4 Å². The second-order valence-electron chi connectivity index (χ2n) is 6.57. The summed E-state index contributed by atoms with van der Waals surface area (Å²) in [5.41, 5.74) is -0.0803. The van der Waals surface area contributed by atoms with Crippen LogP contribution in [-0.4, -0.2) is 63.0 Å². The molecule has 3 aliphatic rings. The predicted octanol–water partition coefficient (Wildman–Crippen LogP) is 1.21. The molecule has 2 unspecified atom stereocenters. The van der Waals surface area contributed by atoms with Crippen molar-refractivity contribution in [2.45, 2.75) is 43.7 Å².